The molecule has 0 bridgehead atoms. The molecule has 1 aromatic rings. The second kappa shape index (κ2) is 6.29. The number of Topliss-reactive ketones (excluding diaryl/α,β-unsaturated/α-hetero) is 1. The Kier molecular flexibility index (Phi) is 4.23. The van der Waals surface area contributed by atoms with Crippen LogP contribution in [0.4, 0.5) is 4.79 Å². The van der Waals surface area contributed by atoms with Gasteiger partial charge in [-0.15, -0.1) is 0 Å². The molecular weight excluding hydrogens is 266 g/mol. The van der Waals surface area contributed by atoms with Crippen LogP contribution in [-0.4, -0.2) is 29.4 Å². The Morgan fingerprint density at radius 1 is 1.10 bits per heavy atom. The number of hydrogen-bond donors (Lipinski definition) is 0. The first-order valence-corrected chi connectivity index (χ1v) is 7.82. The van der Waals surface area contributed by atoms with Gasteiger partial charge in [-0.05, 0) is 44.2 Å². The Balaban J connectivity index is 1.71. The maximum atomic E-state index is 12.4. The quantitative estimate of drug-likeness (QED) is 0.837. The lowest BCUT2D eigenvalue weighted by molar-refractivity contribution is -0.122. The molecular formula is C17H21NO3. The van der Waals surface area contributed by atoms with Gasteiger partial charge in [-0.1, -0.05) is 18.2 Å². The topological polar surface area (TPSA) is 46.6 Å². The van der Waals surface area contributed by atoms with Gasteiger partial charge >= 0.3 is 6.09 Å². The van der Waals surface area contributed by atoms with Crippen LogP contribution in [0.5, 0.6) is 5.75 Å². The number of rotatable bonds is 2. The van der Waals surface area contributed by atoms with Crippen molar-refractivity contribution in [1.29, 1.82) is 0 Å². The Morgan fingerprint density at radius 2 is 1.90 bits per heavy atom. The number of para-hydroxylation sites is 1. The molecule has 2 aliphatic rings. The van der Waals surface area contributed by atoms with Crippen LogP contribution in [0.1, 0.15) is 38.5 Å². The van der Waals surface area contributed by atoms with Crippen molar-refractivity contribution in [3.05, 3.63) is 30.3 Å². The van der Waals surface area contributed by atoms with Gasteiger partial charge in [-0.2, -0.15) is 0 Å². The van der Waals surface area contributed by atoms with Crippen molar-refractivity contribution in [2.45, 2.75) is 44.6 Å². The van der Waals surface area contributed by atoms with Crippen LogP contribution in [-0.2, 0) is 4.79 Å². The van der Waals surface area contributed by atoms with Gasteiger partial charge in [-0.3, -0.25) is 4.79 Å². The number of carbonyl (C=O) groups is 2. The third kappa shape index (κ3) is 3.09. The summed E-state index contributed by atoms with van der Waals surface area (Å²) in [5, 5.41) is 0. The summed E-state index contributed by atoms with van der Waals surface area (Å²) >= 11 is 0. The van der Waals surface area contributed by atoms with Crippen LogP contribution in [0.25, 0.3) is 0 Å². The van der Waals surface area contributed by atoms with Crippen molar-refractivity contribution in [3.63, 3.8) is 0 Å². The van der Waals surface area contributed by atoms with Crippen molar-refractivity contribution in [1.82, 2.24) is 4.90 Å². The van der Waals surface area contributed by atoms with Crippen LogP contribution in [0.15, 0.2) is 30.3 Å². The van der Waals surface area contributed by atoms with E-state index < -0.39 is 0 Å². The standard InChI is InChI=1S/C17H21NO3/c19-16-11-6-9-14(16)15-10-4-5-12-18(15)17(20)21-13-7-2-1-3-8-13/h1-3,7-8,14-15H,4-6,9-12H2. The normalized spacial score (nSPS) is 25.9. The molecule has 1 amide bonds. The average molecular weight is 287 g/mol. The zero-order chi connectivity index (χ0) is 14.7. The minimum Gasteiger partial charge on any atom is -0.410 e. The van der Waals surface area contributed by atoms with E-state index in [4.69, 9.17) is 4.74 Å². The Hall–Kier alpha value is -1.84. The van der Waals surface area contributed by atoms with Crippen LogP contribution in [0.3, 0.4) is 0 Å². The summed E-state index contributed by atoms with van der Waals surface area (Å²) in [7, 11) is 0. The largest absolute Gasteiger partial charge is 0.415 e. The number of likely N-dealkylation sites (tertiary alicyclic amines) is 1. The second-order valence-corrected chi connectivity index (χ2v) is 5.90. The zero-order valence-electron chi connectivity index (χ0n) is 12.2. The number of ether oxygens (including phenoxy) is 1. The fraction of sp³-hybridized carbons (Fsp3) is 0.529. The third-order valence-electron chi connectivity index (χ3n) is 4.55. The molecule has 21 heavy (non-hydrogen) atoms. The molecule has 1 aliphatic heterocycles. The summed E-state index contributed by atoms with van der Waals surface area (Å²) in [6.07, 6.45) is 5.22. The number of ketones is 1. The first-order chi connectivity index (χ1) is 10.3. The van der Waals surface area contributed by atoms with Crippen LogP contribution in [0, 0.1) is 5.92 Å². The van der Waals surface area contributed by atoms with Crippen molar-refractivity contribution < 1.29 is 14.3 Å². The highest BCUT2D eigenvalue weighted by Crippen LogP contribution is 2.33. The van der Waals surface area contributed by atoms with Crippen LogP contribution < -0.4 is 4.74 Å². The Labute approximate surface area is 125 Å². The molecule has 1 saturated heterocycles. The number of piperidine rings is 1. The molecule has 4 heteroatoms. The monoisotopic (exact) mass is 287 g/mol. The molecule has 3 rings (SSSR count). The van der Waals surface area contributed by atoms with Crippen LogP contribution in [0.2, 0.25) is 0 Å². The summed E-state index contributed by atoms with van der Waals surface area (Å²) in [4.78, 5) is 26.2. The first kappa shape index (κ1) is 14.1. The molecule has 0 spiro atoms. The Bertz CT molecular complexity index is 514. The van der Waals surface area contributed by atoms with E-state index in [-0.39, 0.29) is 18.1 Å². The first-order valence-electron chi connectivity index (χ1n) is 7.82. The van der Waals surface area contributed by atoms with E-state index >= 15 is 0 Å². The highest BCUT2D eigenvalue weighted by Gasteiger charge is 2.39. The minimum atomic E-state index is -0.314. The van der Waals surface area contributed by atoms with E-state index in [9.17, 15) is 9.59 Å². The summed E-state index contributed by atoms with van der Waals surface area (Å²) < 4.78 is 5.45. The second-order valence-electron chi connectivity index (χ2n) is 5.90. The van der Waals surface area contributed by atoms with Gasteiger partial charge in [0.25, 0.3) is 0 Å². The smallest absolute Gasteiger partial charge is 0.410 e. The number of benzene rings is 1. The fourth-order valence-corrected chi connectivity index (χ4v) is 3.50. The molecule has 1 saturated carbocycles. The van der Waals surface area contributed by atoms with Gasteiger partial charge in [0.05, 0.1) is 0 Å². The molecule has 1 aliphatic carbocycles. The van der Waals surface area contributed by atoms with E-state index in [0.717, 1.165) is 32.1 Å². The molecule has 2 fully saturated rings. The Morgan fingerprint density at radius 3 is 2.62 bits per heavy atom. The number of hydrogen-bond acceptors (Lipinski definition) is 3. The van der Waals surface area contributed by atoms with Crippen molar-refractivity contribution in [2.24, 2.45) is 5.92 Å². The summed E-state index contributed by atoms with van der Waals surface area (Å²) in [6, 6.07) is 9.16. The van der Waals surface area contributed by atoms with E-state index in [0.29, 0.717) is 24.5 Å². The van der Waals surface area contributed by atoms with E-state index in [1.807, 2.05) is 18.2 Å². The predicted molar refractivity (Wildman–Crippen MR) is 79.2 cm³/mol. The van der Waals surface area contributed by atoms with Gasteiger partial charge < -0.3 is 9.64 Å². The number of carbonyl (C=O) groups excluding carboxylic acids is 2. The molecule has 1 aromatic carbocycles. The molecule has 0 aromatic heterocycles. The van der Waals surface area contributed by atoms with Gasteiger partial charge in [0, 0.05) is 24.9 Å². The van der Waals surface area contributed by atoms with Crippen LogP contribution >= 0.6 is 0 Å². The molecule has 4 nitrogen and oxygen atoms in total. The molecule has 1 heterocycles. The summed E-state index contributed by atoms with van der Waals surface area (Å²) in [6.45, 7) is 0.695. The minimum absolute atomic E-state index is 0.0219. The maximum absolute atomic E-state index is 12.4. The molecule has 2 unspecified atom stereocenters. The lowest BCUT2D eigenvalue weighted by Gasteiger charge is -2.37. The van der Waals surface area contributed by atoms with Crippen molar-refractivity contribution >= 4 is 11.9 Å². The molecule has 0 radical (unpaired) electrons. The van der Waals surface area contributed by atoms with Gasteiger partial charge in [0.2, 0.25) is 0 Å². The highest BCUT2D eigenvalue weighted by atomic mass is 16.6. The van der Waals surface area contributed by atoms with E-state index in [1.165, 1.54) is 0 Å². The maximum Gasteiger partial charge on any atom is 0.415 e. The van der Waals surface area contributed by atoms with Gasteiger partial charge in [-0.25, -0.2) is 4.79 Å². The summed E-state index contributed by atoms with van der Waals surface area (Å²) in [5.41, 5.74) is 0. The average Bonchev–Trinajstić information content (AvgIpc) is 2.94. The van der Waals surface area contributed by atoms with Crippen molar-refractivity contribution in [3.8, 4) is 5.75 Å². The molecule has 2 atom stereocenters. The lowest BCUT2D eigenvalue weighted by atomic mass is 9.89. The number of nitrogens with zero attached hydrogens (tertiary/aromatic N) is 1. The van der Waals surface area contributed by atoms with Gasteiger partial charge in [0.15, 0.2) is 0 Å². The summed E-state index contributed by atoms with van der Waals surface area (Å²) in [5.74, 6) is 0.901. The number of amides is 1. The van der Waals surface area contributed by atoms with E-state index in [2.05, 4.69) is 0 Å². The predicted octanol–water partition coefficient (Wildman–Crippen LogP) is 3.41. The molecule has 0 N–H and O–H groups in total. The van der Waals surface area contributed by atoms with Gasteiger partial charge in [0.1, 0.15) is 11.5 Å². The third-order valence-corrected chi connectivity index (χ3v) is 4.55. The van der Waals surface area contributed by atoms with E-state index in [1.54, 1.807) is 17.0 Å². The molecule has 112 valence electrons. The highest BCUT2D eigenvalue weighted by molar-refractivity contribution is 5.84. The lowest BCUT2D eigenvalue weighted by Crippen LogP contribution is -2.49. The zero-order valence-corrected chi connectivity index (χ0v) is 12.2. The fourth-order valence-electron chi connectivity index (χ4n) is 3.50. The SMILES string of the molecule is O=C1CCCC1C1CCCCN1C(=O)Oc1ccccc1. The van der Waals surface area contributed by atoms with Crippen molar-refractivity contribution in [2.75, 3.05) is 6.54 Å².